The molecular formula is C45H41N3. The van der Waals surface area contributed by atoms with Crippen molar-refractivity contribution in [2.45, 2.75) is 69.6 Å². The molecule has 1 heterocycles. The molecule has 4 aliphatic carbocycles. The van der Waals surface area contributed by atoms with Gasteiger partial charge in [-0.1, -0.05) is 149 Å². The van der Waals surface area contributed by atoms with E-state index < -0.39 is 0 Å². The molecule has 0 bridgehead atoms. The first-order valence-electron chi connectivity index (χ1n) is 17.6. The summed E-state index contributed by atoms with van der Waals surface area (Å²) in [4.78, 5) is 15.0. The second-order valence-electron chi connectivity index (χ2n) is 15.1. The predicted octanol–water partition coefficient (Wildman–Crippen LogP) is 11.0. The van der Waals surface area contributed by atoms with E-state index in [1.165, 1.54) is 44.5 Å². The van der Waals surface area contributed by atoms with E-state index in [1.54, 1.807) is 0 Å². The summed E-state index contributed by atoms with van der Waals surface area (Å²) in [5.74, 6) is 3.43. The van der Waals surface area contributed by atoms with Crippen LogP contribution in [0.4, 0.5) is 0 Å². The highest BCUT2D eigenvalue weighted by Gasteiger charge is 2.50. The largest absolute Gasteiger partial charge is 0.212 e. The maximum Gasteiger partial charge on any atom is 0.163 e. The van der Waals surface area contributed by atoms with Gasteiger partial charge in [-0.2, -0.15) is 0 Å². The fraction of sp³-hybridized carbons (Fsp3) is 0.267. The van der Waals surface area contributed by atoms with Crippen LogP contribution in [0.3, 0.4) is 0 Å². The lowest BCUT2D eigenvalue weighted by atomic mass is 9.69. The van der Waals surface area contributed by atoms with Crippen molar-refractivity contribution in [1.29, 1.82) is 0 Å². The topological polar surface area (TPSA) is 38.7 Å². The average Bonchev–Trinajstić information content (AvgIpc) is 3.50. The molecule has 1 aromatic heterocycles. The van der Waals surface area contributed by atoms with E-state index >= 15 is 0 Å². The van der Waals surface area contributed by atoms with E-state index in [0.29, 0.717) is 11.8 Å². The maximum atomic E-state index is 5.05. The van der Waals surface area contributed by atoms with Crippen molar-refractivity contribution < 1.29 is 0 Å². The third kappa shape index (κ3) is 4.44. The van der Waals surface area contributed by atoms with Gasteiger partial charge in [-0.25, -0.2) is 15.0 Å². The van der Waals surface area contributed by atoms with E-state index in [2.05, 4.69) is 131 Å². The minimum Gasteiger partial charge on any atom is -0.212 e. The summed E-state index contributed by atoms with van der Waals surface area (Å²) in [7, 11) is 0. The second kappa shape index (κ2) is 10.8. The third-order valence-electron chi connectivity index (χ3n) is 11.6. The number of hydrogen-bond acceptors (Lipinski definition) is 3. The summed E-state index contributed by atoms with van der Waals surface area (Å²) in [6.45, 7) is 9.70. The zero-order valence-electron chi connectivity index (χ0n) is 28.2. The van der Waals surface area contributed by atoms with Gasteiger partial charge in [-0.3, -0.25) is 0 Å². The molecule has 3 unspecified atom stereocenters. The Balaban J connectivity index is 1.11. The van der Waals surface area contributed by atoms with Gasteiger partial charge in [0.1, 0.15) is 5.82 Å². The molecule has 0 radical (unpaired) electrons. The van der Waals surface area contributed by atoms with Crippen LogP contribution in [0.2, 0.25) is 0 Å². The van der Waals surface area contributed by atoms with Crippen molar-refractivity contribution in [2.75, 3.05) is 0 Å². The number of benzene rings is 4. The Morgan fingerprint density at radius 3 is 2.08 bits per heavy atom. The molecule has 9 rings (SSSR count). The van der Waals surface area contributed by atoms with Crippen LogP contribution in [0, 0.1) is 5.92 Å². The summed E-state index contributed by atoms with van der Waals surface area (Å²) in [5.41, 5.74) is 13.2. The summed E-state index contributed by atoms with van der Waals surface area (Å²) in [5, 5.41) is 0. The van der Waals surface area contributed by atoms with Gasteiger partial charge in [0, 0.05) is 28.4 Å². The summed E-state index contributed by atoms with van der Waals surface area (Å²) in [6.07, 6.45) is 13.1. The highest BCUT2D eigenvalue weighted by atomic mass is 15.0. The van der Waals surface area contributed by atoms with Crippen molar-refractivity contribution in [1.82, 2.24) is 15.0 Å². The molecule has 5 aromatic rings. The molecule has 0 N–H and O–H groups in total. The lowest BCUT2D eigenvalue weighted by Gasteiger charge is -2.34. The molecule has 48 heavy (non-hydrogen) atoms. The number of rotatable bonds is 4. The van der Waals surface area contributed by atoms with E-state index in [1.807, 2.05) is 18.2 Å². The van der Waals surface area contributed by atoms with Gasteiger partial charge in [0.15, 0.2) is 11.6 Å². The van der Waals surface area contributed by atoms with Crippen LogP contribution in [0.15, 0.2) is 127 Å². The van der Waals surface area contributed by atoms with E-state index in [-0.39, 0.29) is 16.7 Å². The molecule has 0 aliphatic heterocycles. The van der Waals surface area contributed by atoms with Crippen molar-refractivity contribution >= 4 is 5.57 Å². The van der Waals surface area contributed by atoms with Crippen molar-refractivity contribution in [3.8, 4) is 33.9 Å². The Morgan fingerprint density at radius 2 is 1.33 bits per heavy atom. The van der Waals surface area contributed by atoms with Crippen LogP contribution in [-0.2, 0) is 10.8 Å². The Morgan fingerprint density at radius 1 is 0.646 bits per heavy atom. The first-order valence-corrected chi connectivity index (χ1v) is 17.6. The highest BCUT2D eigenvalue weighted by Crippen LogP contribution is 2.61. The molecule has 0 spiro atoms. The molecule has 236 valence electrons. The second-order valence-corrected chi connectivity index (χ2v) is 15.1. The Kier molecular flexibility index (Phi) is 6.60. The zero-order chi connectivity index (χ0) is 32.6. The summed E-state index contributed by atoms with van der Waals surface area (Å²) in [6, 6.07) is 35.1. The van der Waals surface area contributed by atoms with Crippen molar-refractivity contribution in [3.05, 3.63) is 155 Å². The Labute approximate surface area is 284 Å². The number of allylic oxidation sites excluding steroid dienone is 6. The molecule has 0 amide bonds. The van der Waals surface area contributed by atoms with Crippen LogP contribution in [0.25, 0.3) is 39.5 Å². The lowest BCUT2D eigenvalue weighted by molar-refractivity contribution is 0.390. The molecule has 4 aromatic carbocycles. The molecule has 0 fully saturated rings. The standard InChI is InChI=1S/C45H41N3/c1-44(2)37-21-12-11-18-33(37)35-26-36-34-20-13-19-32(40(34)45(3,4)39(36)27-38(35)44)28-22-24-31(25-23-28)43-47-41(29-14-7-5-8-15-29)46-42(48-43)30-16-9-6-10-17-30/h5,7-9,11-16,18-27,30,35,38H,6,10,17H2,1-4H3. The van der Waals surface area contributed by atoms with Gasteiger partial charge in [0.2, 0.25) is 0 Å². The smallest absolute Gasteiger partial charge is 0.163 e. The highest BCUT2D eigenvalue weighted by molar-refractivity contribution is 5.95. The van der Waals surface area contributed by atoms with Crippen LogP contribution >= 0.6 is 0 Å². The van der Waals surface area contributed by atoms with Crippen LogP contribution in [-0.4, -0.2) is 15.0 Å². The van der Waals surface area contributed by atoms with Gasteiger partial charge in [-0.05, 0) is 75.1 Å². The van der Waals surface area contributed by atoms with E-state index in [9.17, 15) is 0 Å². The monoisotopic (exact) mass is 623 g/mol. The van der Waals surface area contributed by atoms with Crippen molar-refractivity contribution in [3.63, 3.8) is 0 Å². The van der Waals surface area contributed by atoms with Crippen LogP contribution in [0.1, 0.15) is 86.9 Å². The molecule has 3 atom stereocenters. The summed E-state index contributed by atoms with van der Waals surface area (Å²) >= 11 is 0. The molecule has 4 aliphatic rings. The number of aromatic nitrogens is 3. The first kappa shape index (κ1) is 29.3. The van der Waals surface area contributed by atoms with Gasteiger partial charge < -0.3 is 0 Å². The van der Waals surface area contributed by atoms with Gasteiger partial charge in [0.25, 0.3) is 0 Å². The fourth-order valence-electron chi connectivity index (χ4n) is 9.08. The molecule has 3 heteroatoms. The molecule has 0 saturated heterocycles. The van der Waals surface area contributed by atoms with Gasteiger partial charge in [0.05, 0.1) is 0 Å². The molecule has 3 nitrogen and oxygen atoms in total. The molecular weight excluding hydrogens is 583 g/mol. The SMILES string of the molecule is CC1(C)C2=CC3C(C=C2c2cccc(-c4ccc(-c5nc(-c6ccccc6)nc(C6C=CCCC6)n5)cc4)c21)c1ccccc1C3(C)C. The van der Waals surface area contributed by atoms with Gasteiger partial charge in [-0.15, -0.1) is 0 Å². The first-order chi connectivity index (χ1) is 23.3. The Bertz CT molecular complexity index is 2160. The number of fused-ring (bicyclic) bond motifs is 6. The Hall–Kier alpha value is -4.89. The normalized spacial score (nSPS) is 22.6. The quantitative estimate of drug-likeness (QED) is 0.187. The third-order valence-corrected chi connectivity index (χ3v) is 11.6. The van der Waals surface area contributed by atoms with E-state index in [4.69, 9.17) is 15.0 Å². The van der Waals surface area contributed by atoms with Gasteiger partial charge >= 0.3 is 0 Å². The predicted molar refractivity (Wildman–Crippen MR) is 197 cm³/mol. The van der Waals surface area contributed by atoms with E-state index in [0.717, 1.165) is 47.9 Å². The minimum absolute atomic E-state index is 0.0996. The minimum atomic E-state index is -0.104. The fourth-order valence-corrected chi connectivity index (χ4v) is 9.08. The zero-order valence-corrected chi connectivity index (χ0v) is 28.2. The maximum absolute atomic E-state index is 5.05. The number of nitrogens with zero attached hydrogens (tertiary/aromatic N) is 3. The van der Waals surface area contributed by atoms with Crippen LogP contribution in [0.5, 0.6) is 0 Å². The molecule has 0 saturated carbocycles. The number of hydrogen-bond donors (Lipinski definition) is 0. The summed E-state index contributed by atoms with van der Waals surface area (Å²) < 4.78 is 0. The average molecular weight is 624 g/mol. The van der Waals surface area contributed by atoms with Crippen molar-refractivity contribution in [2.24, 2.45) is 5.92 Å². The lowest BCUT2D eigenvalue weighted by Crippen LogP contribution is -2.28. The van der Waals surface area contributed by atoms with Crippen LogP contribution < -0.4 is 0 Å².